The van der Waals surface area contributed by atoms with E-state index < -0.39 is 20.8 Å². The minimum atomic E-state index is -2.26. The van der Waals surface area contributed by atoms with Crippen LogP contribution in [0.1, 0.15) is 19.8 Å². The molecule has 1 unspecified atom stereocenters. The van der Waals surface area contributed by atoms with Crippen LogP contribution in [0.2, 0.25) is 0 Å². The number of carboxylic acid groups (broad SMARTS) is 1. The van der Waals surface area contributed by atoms with Gasteiger partial charge in [0, 0.05) is 4.57 Å². The van der Waals surface area contributed by atoms with Gasteiger partial charge in [0.05, 0.1) is 0 Å². The molecule has 0 radical (unpaired) electrons. The minimum Gasteiger partial charge on any atom is -0.479 e. The first-order valence-electron chi connectivity index (χ1n) is 3.61. The number of rotatable bonds is 7. The first kappa shape index (κ1) is 11.5. The van der Waals surface area contributed by atoms with E-state index >= 15 is 0 Å². The zero-order chi connectivity index (χ0) is 9.40. The highest BCUT2D eigenvalue weighted by molar-refractivity contribution is 7.33. The Morgan fingerprint density at radius 1 is 1.50 bits per heavy atom. The second-order valence-electron chi connectivity index (χ2n) is 2.08. The van der Waals surface area contributed by atoms with Crippen molar-refractivity contribution in [1.29, 1.82) is 0 Å². The van der Waals surface area contributed by atoms with Crippen molar-refractivity contribution < 1.29 is 23.5 Å². The fourth-order valence-corrected chi connectivity index (χ4v) is 0.997. The molecule has 1 N–H and O–H groups in total. The minimum absolute atomic E-state index is 0.339. The highest BCUT2D eigenvalue weighted by Crippen LogP contribution is 2.23. The van der Waals surface area contributed by atoms with Gasteiger partial charge in [0.2, 0.25) is 6.61 Å². The predicted molar refractivity (Wildman–Crippen MR) is 42.1 cm³/mol. The van der Waals surface area contributed by atoms with Crippen molar-refractivity contribution in [3.63, 3.8) is 0 Å². The summed E-state index contributed by atoms with van der Waals surface area (Å²) in [5.41, 5.74) is 0. The van der Waals surface area contributed by atoms with Crippen molar-refractivity contribution in [1.82, 2.24) is 0 Å². The Kier molecular flexibility index (Phi) is 6.85. The van der Waals surface area contributed by atoms with Crippen molar-refractivity contribution >= 4 is 14.2 Å². The summed E-state index contributed by atoms with van der Waals surface area (Å²) in [5, 5.41) is 8.12. The van der Waals surface area contributed by atoms with E-state index in [1.165, 1.54) is 0 Å². The van der Waals surface area contributed by atoms with Gasteiger partial charge in [-0.3, -0.25) is 0 Å². The molecule has 6 heteroatoms. The van der Waals surface area contributed by atoms with Gasteiger partial charge >= 0.3 is 14.2 Å². The number of carboxylic acids is 1. The first-order chi connectivity index (χ1) is 5.66. The van der Waals surface area contributed by atoms with E-state index in [0.29, 0.717) is 6.61 Å². The lowest BCUT2D eigenvalue weighted by atomic mass is 10.4. The summed E-state index contributed by atoms with van der Waals surface area (Å²) in [6.07, 6.45) is 1.72. The molecule has 0 rings (SSSR count). The zero-order valence-electron chi connectivity index (χ0n) is 6.86. The average molecular weight is 195 g/mol. The molecule has 0 aromatic heterocycles. The Morgan fingerprint density at radius 2 is 2.17 bits per heavy atom. The fourth-order valence-electron chi connectivity index (χ4n) is 0.429. The van der Waals surface area contributed by atoms with Gasteiger partial charge in [0.1, 0.15) is 6.61 Å². The maximum atomic E-state index is 10.7. The molecule has 0 aromatic rings. The number of aliphatic carboxylic acids is 1. The van der Waals surface area contributed by atoms with E-state index in [2.05, 4.69) is 9.05 Å². The van der Waals surface area contributed by atoms with Crippen LogP contribution in [0.25, 0.3) is 0 Å². The molecule has 70 valence electrons. The molecule has 0 aromatic carbocycles. The first-order valence-corrected chi connectivity index (χ1v) is 4.71. The van der Waals surface area contributed by atoms with Crippen LogP contribution in [0.15, 0.2) is 0 Å². The predicted octanol–water partition coefficient (Wildman–Crippen LogP) is 1.56. The van der Waals surface area contributed by atoms with Gasteiger partial charge < -0.3 is 5.11 Å². The molecule has 0 aliphatic heterocycles. The van der Waals surface area contributed by atoms with E-state index in [1.807, 2.05) is 6.92 Å². The SMILES string of the molecule is CCCCO[P+](=O)OCC(=O)O. The highest BCUT2D eigenvalue weighted by atomic mass is 31.1. The number of carbonyl (C=O) groups is 1. The number of hydrogen-bond donors (Lipinski definition) is 1. The molecule has 0 heterocycles. The molecule has 0 saturated carbocycles. The third-order valence-electron chi connectivity index (χ3n) is 0.988. The zero-order valence-corrected chi connectivity index (χ0v) is 7.75. The van der Waals surface area contributed by atoms with Crippen molar-refractivity contribution in [2.24, 2.45) is 0 Å². The lowest BCUT2D eigenvalue weighted by Gasteiger charge is -1.87. The number of hydrogen-bond acceptors (Lipinski definition) is 4. The third kappa shape index (κ3) is 7.60. The van der Waals surface area contributed by atoms with E-state index in [-0.39, 0.29) is 0 Å². The lowest BCUT2D eigenvalue weighted by molar-refractivity contribution is -0.139. The summed E-state index contributed by atoms with van der Waals surface area (Å²) >= 11 is 0. The third-order valence-corrected chi connectivity index (χ3v) is 1.72. The lowest BCUT2D eigenvalue weighted by Crippen LogP contribution is -2.03. The van der Waals surface area contributed by atoms with Gasteiger partial charge in [0.25, 0.3) is 0 Å². The van der Waals surface area contributed by atoms with Gasteiger partial charge in [-0.1, -0.05) is 13.3 Å². The molecule has 5 nitrogen and oxygen atoms in total. The van der Waals surface area contributed by atoms with Gasteiger partial charge in [-0.05, 0) is 6.42 Å². The second kappa shape index (κ2) is 7.16. The van der Waals surface area contributed by atoms with Gasteiger partial charge in [-0.25, -0.2) is 4.79 Å². The Bertz CT molecular complexity index is 158. The molecule has 12 heavy (non-hydrogen) atoms. The van der Waals surface area contributed by atoms with Crippen LogP contribution < -0.4 is 0 Å². The summed E-state index contributed by atoms with van der Waals surface area (Å²) < 4.78 is 19.7. The van der Waals surface area contributed by atoms with Crippen molar-refractivity contribution in [3.8, 4) is 0 Å². The molecular weight excluding hydrogens is 183 g/mol. The van der Waals surface area contributed by atoms with Crippen LogP contribution in [0, 0.1) is 0 Å². The molecule has 0 aliphatic carbocycles. The summed E-state index contributed by atoms with van der Waals surface area (Å²) in [7, 11) is -2.26. The van der Waals surface area contributed by atoms with Crippen LogP contribution in [-0.2, 0) is 18.4 Å². The van der Waals surface area contributed by atoms with Crippen LogP contribution in [0.4, 0.5) is 0 Å². The highest BCUT2D eigenvalue weighted by Gasteiger charge is 2.21. The standard InChI is InChI=1S/C6H11O5P/c1-2-3-4-10-12(9)11-5-6(7)8/h2-5H2,1H3/p+1. The van der Waals surface area contributed by atoms with Crippen LogP contribution >= 0.6 is 8.25 Å². The van der Waals surface area contributed by atoms with Gasteiger partial charge in [-0.15, -0.1) is 9.05 Å². The average Bonchev–Trinajstić information content (AvgIpc) is 2.01. The van der Waals surface area contributed by atoms with E-state index in [9.17, 15) is 9.36 Å². The molecular formula is C6H12O5P+. The fraction of sp³-hybridized carbons (Fsp3) is 0.833. The smallest absolute Gasteiger partial charge is 0.479 e. The maximum absolute atomic E-state index is 10.7. The molecule has 0 aliphatic rings. The Labute approximate surface area is 71.6 Å². The monoisotopic (exact) mass is 195 g/mol. The van der Waals surface area contributed by atoms with E-state index in [4.69, 9.17) is 5.11 Å². The van der Waals surface area contributed by atoms with Crippen LogP contribution in [-0.4, -0.2) is 24.3 Å². The quantitative estimate of drug-likeness (QED) is 0.493. The Morgan fingerprint density at radius 3 is 2.67 bits per heavy atom. The van der Waals surface area contributed by atoms with Crippen molar-refractivity contribution in [2.75, 3.05) is 13.2 Å². The van der Waals surface area contributed by atoms with E-state index in [0.717, 1.165) is 12.8 Å². The molecule has 0 spiro atoms. The molecule has 0 bridgehead atoms. The van der Waals surface area contributed by atoms with Gasteiger partial charge in [-0.2, -0.15) is 0 Å². The normalized spacial score (nSPS) is 11.2. The van der Waals surface area contributed by atoms with Crippen LogP contribution in [0.3, 0.4) is 0 Å². The number of unbranched alkanes of at least 4 members (excludes halogenated alkanes) is 1. The molecule has 0 amide bonds. The van der Waals surface area contributed by atoms with Gasteiger partial charge in [0.15, 0.2) is 0 Å². The Balaban J connectivity index is 3.28. The summed E-state index contributed by atoms with van der Waals surface area (Å²) in [5.74, 6) is -1.16. The van der Waals surface area contributed by atoms with Crippen molar-refractivity contribution in [3.05, 3.63) is 0 Å². The van der Waals surface area contributed by atoms with Crippen LogP contribution in [0.5, 0.6) is 0 Å². The topological polar surface area (TPSA) is 72.8 Å². The molecule has 0 saturated heterocycles. The second-order valence-corrected chi connectivity index (χ2v) is 3.04. The van der Waals surface area contributed by atoms with E-state index in [1.54, 1.807) is 0 Å². The summed E-state index contributed by atoms with van der Waals surface area (Å²) in [6.45, 7) is 1.72. The maximum Gasteiger partial charge on any atom is 0.697 e. The van der Waals surface area contributed by atoms with Crippen molar-refractivity contribution in [2.45, 2.75) is 19.8 Å². The molecule has 1 atom stereocenters. The molecule has 0 fully saturated rings. The summed E-state index contributed by atoms with van der Waals surface area (Å²) in [4.78, 5) is 9.92. The Hall–Kier alpha value is -0.510. The summed E-state index contributed by atoms with van der Waals surface area (Å²) in [6, 6.07) is 0. The largest absolute Gasteiger partial charge is 0.697 e.